The number of aryl methyl sites for hydroxylation is 2. The quantitative estimate of drug-likeness (QED) is 0.301. The molecule has 2 aromatic heterocycles. The van der Waals surface area contributed by atoms with E-state index in [4.69, 9.17) is 9.73 Å². The molecule has 1 saturated heterocycles. The summed E-state index contributed by atoms with van der Waals surface area (Å²) in [6, 6.07) is 21.4. The third kappa shape index (κ3) is 4.55. The van der Waals surface area contributed by atoms with Gasteiger partial charge in [-0.25, -0.2) is 9.79 Å². The van der Waals surface area contributed by atoms with Gasteiger partial charge in [-0.1, -0.05) is 24.3 Å². The number of H-pyrrole nitrogens is 1. The monoisotopic (exact) mass is 537 g/mol. The minimum Gasteiger partial charge on any atom is -0.497 e. The number of rotatable bonds is 6. The van der Waals surface area contributed by atoms with Gasteiger partial charge in [0.15, 0.2) is 5.17 Å². The van der Waals surface area contributed by atoms with E-state index in [0.29, 0.717) is 23.0 Å². The summed E-state index contributed by atoms with van der Waals surface area (Å²) in [6.45, 7) is 0.492. The smallest absolute Gasteiger partial charge is 0.328 e. The molecule has 3 aromatic carbocycles. The van der Waals surface area contributed by atoms with Gasteiger partial charge < -0.3 is 9.72 Å². The molecular formula is C30H27N5O3S. The molecule has 8 nitrogen and oxygen atoms in total. The minimum absolute atomic E-state index is 0.0847. The summed E-state index contributed by atoms with van der Waals surface area (Å²) in [6.07, 6.45) is 4.57. The third-order valence-corrected chi connectivity index (χ3v) is 8.07. The number of para-hydroxylation sites is 1. The van der Waals surface area contributed by atoms with Gasteiger partial charge in [-0.3, -0.25) is 18.8 Å². The summed E-state index contributed by atoms with van der Waals surface area (Å²) in [7, 11) is 5.14. The van der Waals surface area contributed by atoms with Gasteiger partial charge in [-0.2, -0.15) is 0 Å². The molecule has 196 valence electrons. The Hall–Kier alpha value is -4.50. The Kier molecular flexibility index (Phi) is 6.36. The number of methoxy groups -OCH3 is 1. The van der Waals surface area contributed by atoms with Crippen LogP contribution < -0.4 is 10.4 Å². The first-order valence-electron chi connectivity index (χ1n) is 12.6. The van der Waals surface area contributed by atoms with Gasteiger partial charge >= 0.3 is 5.69 Å². The summed E-state index contributed by atoms with van der Waals surface area (Å²) >= 11 is 1.36. The van der Waals surface area contributed by atoms with Gasteiger partial charge in [0.1, 0.15) is 5.75 Å². The number of benzene rings is 3. The van der Waals surface area contributed by atoms with E-state index in [9.17, 15) is 9.59 Å². The minimum atomic E-state index is -0.0887. The van der Waals surface area contributed by atoms with Crippen molar-refractivity contribution in [1.29, 1.82) is 0 Å². The number of thioether (sulfide) groups is 1. The van der Waals surface area contributed by atoms with Crippen LogP contribution in [0.1, 0.15) is 11.1 Å². The Morgan fingerprint density at radius 2 is 1.74 bits per heavy atom. The SMILES string of the molecule is COc1ccc(N=C2SC(=Cc3ccc4c(c3)n(C)c(=O)n4C)C(=O)N2CCc2c[nH]c3ccccc23)cc1. The highest BCUT2D eigenvalue weighted by molar-refractivity contribution is 8.18. The number of amides is 1. The Morgan fingerprint density at radius 3 is 2.54 bits per heavy atom. The maximum Gasteiger partial charge on any atom is 0.328 e. The van der Waals surface area contributed by atoms with Crippen molar-refractivity contribution in [2.24, 2.45) is 19.1 Å². The number of nitrogens with zero attached hydrogens (tertiary/aromatic N) is 4. The molecule has 0 radical (unpaired) electrons. The van der Waals surface area contributed by atoms with Crippen LogP contribution in [0, 0.1) is 0 Å². The molecule has 1 amide bonds. The van der Waals surface area contributed by atoms with Crippen molar-refractivity contribution in [2.45, 2.75) is 6.42 Å². The zero-order valence-electron chi connectivity index (χ0n) is 21.8. The molecule has 6 rings (SSSR count). The van der Waals surface area contributed by atoms with Crippen LogP contribution in [0.2, 0.25) is 0 Å². The number of aromatic nitrogens is 3. The molecule has 0 saturated carbocycles. The van der Waals surface area contributed by atoms with Gasteiger partial charge in [-0.15, -0.1) is 0 Å². The Balaban J connectivity index is 1.34. The molecule has 0 unspecified atom stereocenters. The van der Waals surface area contributed by atoms with Crippen molar-refractivity contribution in [1.82, 2.24) is 19.0 Å². The van der Waals surface area contributed by atoms with Gasteiger partial charge in [0.2, 0.25) is 0 Å². The maximum atomic E-state index is 13.7. The molecule has 9 heteroatoms. The maximum absolute atomic E-state index is 13.7. The van der Waals surface area contributed by atoms with Crippen LogP contribution in [0.25, 0.3) is 28.0 Å². The van der Waals surface area contributed by atoms with Gasteiger partial charge in [-0.05, 0) is 77.9 Å². The average Bonchev–Trinajstić information content (AvgIpc) is 3.57. The molecule has 0 aliphatic carbocycles. The molecule has 5 aromatic rings. The number of ether oxygens (including phenoxy) is 1. The summed E-state index contributed by atoms with van der Waals surface area (Å²) in [4.78, 5) is 36.5. The van der Waals surface area contributed by atoms with Crippen LogP contribution in [0.15, 0.2) is 87.6 Å². The third-order valence-electron chi connectivity index (χ3n) is 7.06. The van der Waals surface area contributed by atoms with E-state index >= 15 is 0 Å². The lowest BCUT2D eigenvalue weighted by molar-refractivity contribution is -0.122. The molecular weight excluding hydrogens is 510 g/mol. The Morgan fingerprint density at radius 1 is 0.974 bits per heavy atom. The van der Waals surface area contributed by atoms with Gasteiger partial charge in [0, 0.05) is 37.7 Å². The number of aromatic amines is 1. The van der Waals surface area contributed by atoms with E-state index in [-0.39, 0.29) is 11.6 Å². The van der Waals surface area contributed by atoms with E-state index in [1.165, 1.54) is 11.8 Å². The van der Waals surface area contributed by atoms with Crippen LogP contribution in [0.4, 0.5) is 5.69 Å². The van der Waals surface area contributed by atoms with E-state index < -0.39 is 0 Å². The van der Waals surface area contributed by atoms with Crippen LogP contribution in [-0.4, -0.2) is 43.7 Å². The predicted molar refractivity (Wildman–Crippen MR) is 158 cm³/mol. The van der Waals surface area contributed by atoms with Crippen LogP contribution in [0.3, 0.4) is 0 Å². The molecule has 0 bridgehead atoms. The molecule has 3 heterocycles. The number of hydrogen-bond acceptors (Lipinski definition) is 5. The van der Waals surface area contributed by atoms with Gasteiger partial charge in [0.05, 0.1) is 28.7 Å². The highest BCUT2D eigenvalue weighted by Crippen LogP contribution is 2.35. The normalized spacial score (nSPS) is 15.9. The van der Waals surface area contributed by atoms with Crippen LogP contribution in [-0.2, 0) is 25.3 Å². The van der Waals surface area contributed by atoms with Crippen molar-refractivity contribution in [3.8, 4) is 5.75 Å². The highest BCUT2D eigenvalue weighted by atomic mass is 32.2. The van der Waals surface area contributed by atoms with Crippen molar-refractivity contribution < 1.29 is 9.53 Å². The van der Waals surface area contributed by atoms with Crippen molar-refractivity contribution in [3.63, 3.8) is 0 Å². The molecule has 1 aliphatic heterocycles. The van der Waals surface area contributed by atoms with Crippen LogP contribution in [0.5, 0.6) is 5.75 Å². The summed E-state index contributed by atoms with van der Waals surface area (Å²) < 4.78 is 8.51. The molecule has 1 N–H and O–H groups in total. The second-order valence-corrected chi connectivity index (χ2v) is 10.4. The number of hydrogen-bond donors (Lipinski definition) is 1. The Labute approximate surface area is 229 Å². The van der Waals surface area contributed by atoms with Gasteiger partial charge in [0.25, 0.3) is 5.91 Å². The number of carbonyl (C=O) groups excluding carboxylic acids is 1. The zero-order chi connectivity index (χ0) is 27.1. The molecule has 1 aliphatic rings. The van der Waals surface area contributed by atoms with E-state index in [1.54, 1.807) is 35.2 Å². The highest BCUT2D eigenvalue weighted by Gasteiger charge is 2.33. The predicted octanol–water partition coefficient (Wildman–Crippen LogP) is 5.21. The number of imidazole rings is 1. The number of nitrogens with one attached hydrogen (secondary N) is 1. The van der Waals surface area contributed by atoms with E-state index in [1.807, 2.05) is 72.9 Å². The number of fused-ring (bicyclic) bond motifs is 2. The summed E-state index contributed by atoms with van der Waals surface area (Å²) in [5, 5.41) is 1.78. The Bertz CT molecular complexity index is 1840. The molecule has 0 atom stereocenters. The number of amidine groups is 1. The molecule has 0 spiro atoms. The fourth-order valence-electron chi connectivity index (χ4n) is 4.89. The number of aliphatic imine (C=N–C) groups is 1. The topological polar surface area (TPSA) is 84.6 Å². The fourth-order valence-corrected chi connectivity index (χ4v) is 5.92. The van der Waals surface area contributed by atoms with E-state index in [0.717, 1.165) is 44.5 Å². The fraction of sp³-hybridized carbons (Fsp3) is 0.167. The first kappa shape index (κ1) is 24.8. The lowest BCUT2D eigenvalue weighted by atomic mass is 10.1. The van der Waals surface area contributed by atoms with E-state index in [2.05, 4.69) is 11.1 Å². The first-order chi connectivity index (χ1) is 18.9. The molecule has 1 fully saturated rings. The average molecular weight is 538 g/mol. The number of carbonyl (C=O) groups is 1. The second kappa shape index (κ2) is 9.99. The summed E-state index contributed by atoms with van der Waals surface area (Å²) in [5.41, 5.74) is 5.39. The van der Waals surface area contributed by atoms with Crippen molar-refractivity contribution >= 4 is 56.5 Å². The lowest BCUT2D eigenvalue weighted by Crippen LogP contribution is -2.31. The van der Waals surface area contributed by atoms with Crippen molar-refractivity contribution in [3.05, 3.63) is 99.4 Å². The largest absolute Gasteiger partial charge is 0.497 e. The lowest BCUT2D eigenvalue weighted by Gasteiger charge is -2.15. The molecule has 39 heavy (non-hydrogen) atoms. The van der Waals surface area contributed by atoms with Crippen molar-refractivity contribution in [2.75, 3.05) is 13.7 Å². The van der Waals surface area contributed by atoms with Crippen LogP contribution >= 0.6 is 11.8 Å². The zero-order valence-corrected chi connectivity index (χ0v) is 22.7. The standard InChI is InChI=1S/C30H27N5O3S/c1-33-25-13-8-19(16-26(25)34(2)30(33)37)17-27-28(36)35(15-14-20-18-31-24-7-5-4-6-23(20)24)29(39-27)32-21-9-11-22(38-3)12-10-21/h4-13,16-18,31H,14-15H2,1-3H3. The first-order valence-corrected chi connectivity index (χ1v) is 13.4. The second-order valence-electron chi connectivity index (χ2n) is 9.42. The summed E-state index contributed by atoms with van der Waals surface area (Å²) in [5.74, 6) is 0.658.